The van der Waals surface area contributed by atoms with Gasteiger partial charge in [-0.2, -0.15) is 13.2 Å². The second kappa shape index (κ2) is 6.53. The molecule has 1 aromatic rings. The van der Waals surface area contributed by atoms with E-state index in [1.165, 1.54) is 6.07 Å². The van der Waals surface area contributed by atoms with Crippen LogP contribution < -0.4 is 0 Å². The number of benzene rings is 1. The Morgan fingerprint density at radius 1 is 1.35 bits per heavy atom. The summed E-state index contributed by atoms with van der Waals surface area (Å²) >= 11 is 2.70. The average Bonchev–Trinajstić information content (AvgIpc) is 2.95. The van der Waals surface area contributed by atoms with E-state index in [9.17, 15) is 26.7 Å². The summed E-state index contributed by atoms with van der Waals surface area (Å²) in [6.45, 7) is 1.67. The number of halogens is 4. The molecular formula is C15H15ClF3O3S-. The molecule has 0 heterocycles. The lowest BCUT2D eigenvalue weighted by Crippen LogP contribution is -2.31. The second-order valence-electron chi connectivity index (χ2n) is 5.62. The molecule has 0 aliphatic heterocycles. The van der Waals surface area contributed by atoms with Gasteiger partial charge in [0.25, 0.3) is 5.24 Å². The summed E-state index contributed by atoms with van der Waals surface area (Å²) in [5, 5.41) is -0.984. The first-order valence-corrected chi connectivity index (χ1v) is 8.62. The van der Waals surface area contributed by atoms with Gasteiger partial charge in [0.15, 0.2) is 0 Å². The van der Waals surface area contributed by atoms with Crippen molar-refractivity contribution in [3.63, 3.8) is 0 Å². The van der Waals surface area contributed by atoms with E-state index < -0.39 is 32.8 Å². The van der Waals surface area contributed by atoms with E-state index in [1.807, 2.05) is 0 Å². The van der Waals surface area contributed by atoms with Gasteiger partial charge in [-0.1, -0.05) is 25.8 Å². The summed E-state index contributed by atoms with van der Waals surface area (Å²) in [6.07, 6.45) is -3.11. The number of hydrogen-bond donors (Lipinski definition) is 0. The highest BCUT2D eigenvalue weighted by atomic mass is 35.5. The van der Waals surface area contributed by atoms with Crippen molar-refractivity contribution in [1.82, 2.24) is 0 Å². The van der Waals surface area contributed by atoms with Gasteiger partial charge in [0.1, 0.15) is 0 Å². The third-order valence-corrected chi connectivity index (χ3v) is 5.83. The highest BCUT2D eigenvalue weighted by molar-refractivity contribution is 7.80. The zero-order valence-electron chi connectivity index (χ0n) is 12.3. The van der Waals surface area contributed by atoms with Crippen molar-refractivity contribution in [2.45, 2.75) is 50.0 Å². The Morgan fingerprint density at radius 2 is 1.91 bits per heavy atom. The fourth-order valence-electron chi connectivity index (χ4n) is 3.20. The number of carbonyl (C=O) groups excluding carboxylic acids is 1. The van der Waals surface area contributed by atoms with E-state index in [2.05, 4.69) is 0 Å². The van der Waals surface area contributed by atoms with Crippen molar-refractivity contribution in [3.8, 4) is 0 Å². The molecule has 0 aromatic heterocycles. The highest BCUT2D eigenvalue weighted by Gasteiger charge is 2.45. The van der Waals surface area contributed by atoms with Crippen LogP contribution in [0.1, 0.15) is 59.7 Å². The Hall–Kier alpha value is -0.920. The molecule has 0 amide bonds. The van der Waals surface area contributed by atoms with Crippen LogP contribution in [0.15, 0.2) is 12.1 Å². The molecule has 2 rings (SSSR count). The van der Waals surface area contributed by atoms with Gasteiger partial charge in [-0.05, 0) is 59.1 Å². The van der Waals surface area contributed by atoms with Gasteiger partial charge in [0.05, 0.1) is 10.3 Å². The van der Waals surface area contributed by atoms with Crippen LogP contribution in [0.25, 0.3) is 0 Å². The van der Waals surface area contributed by atoms with Gasteiger partial charge in [-0.25, -0.2) is 0 Å². The normalized spacial score (nSPS) is 18.9. The van der Waals surface area contributed by atoms with Crippen molar-refractivity contribution in [2.24, 2.45) is 0 Å². The van der Waals surface area contributed by atoms with Crippen LogP contribution in [0.4, 0.5) is 13.2 Å². The molecule has 1 unspecified atom stereocenters. The van der Waals surface area contributed by atoms with Crippen molar-refractivity contribution < 1.29 is 26.7 Å². The Labute approximate surface area is 139 Å². The predicted octanol–water partition coefficient (Wildman–Crippen LogP) is 4.30. The molecular weight excluding hydrogens is 353 g/mol. The smallest absolute Gasteiger partial charge is 0.416 e. The summed E-state index contributed by atoms with van der Waals surface area (Å²) < 4.78 is 62.3. The molecule has 128 valence electrons. The van der Waals surface area contributed by atoms with Crippen molar-refractivity contribution in [2.75, 3.05) is 0 Å². The van der Waals surface area contributed by atoms with Gasteiger partial charge in [0.2, 0.25) is 0 Å². The third kappa shape index (κ3) is 3.32. The Morgan fingerprint density at radius 3 is 2.30 bits per heavy atom. The van der Waals surface area contributed by atoms with Gasteiger partial charge < -0.3 is 4.55 Å². The van der Waals surface area contributed by atoms with Gasteiger partial charge in [-0.3, -0.25) is 9.00 Å². The molecule has 0 radical (unpaired) electrons. The first kappa shape index (κ1) is 18.4. The Bertz CT molecular complexity index is 652. The molecule has 1 aliphatic carbocycles. The van der Waals surface area contributed by atoms with Crippen LogP contribution in [-0.2, 0) is 28.4 Å². The standard InChI is InChI=1S/C15H16ClF3O3S/c1-2-9-7-11(14(23(21)22)5-3-4-6-14)12(15(17,18)19)8-10(9)13(16)20/h7-8H,2-6H2,1H3,(H,21,22)/p-1. The van der Waals surface area contributed by atoms with E-state index in [1.54, 1.807) is 6.92 Å². The molecule has 23 heavy (non-hydrogen) atoms. The molecule has 3 nitrogen and oxygen atoms in total. The molecule has 1 atom stereocenters. The molecule has 1 aliphatic rings. The van der Waals surface area contributed by atoms with Crippen LogP contribution >= 0.6 is 11.6 Å². The molecule has 0 bridgehead atoms. The van der Waals surface area contributed by atoms with E-state index in [4.69, 9.17) is 11.6 Å². The van der Waals surface area contributed by atoms with Gasteiger partial charge in [0, 0.05) is 5.56 Å². The summed E-state index contributed by atoms with van der Waals surface area (Å²) in [4.78, 5) is 11.4. The zero-order valence-corrected chi connectivity index (χ0v) is 13.9. The minimum absolute atomic E-state index is 0.142. The predicted molar refractivity (Wildman–Crippen MR) is 80.1 cm³/mol. The molecule has 1 aromatic carbocycles. The minimum Gasteiger partial charge on any atom is -0.772 e. The highest BCUT2D eigenvalue weighted by Crippen LogP contribution is 2.48. The number of aryl methyl sites for hydroxylation is 1. The Balaban J connectivity index is 2.80. The number of rotatable bonds is 4. The fraction of sp³-hybridized carbons (Fsp3) is 0.533. The minimum atomic E-state index is -4.77. The summed E-state index contributed by atoms with van der Waals surface area (Å²) in [6, 6.07) is 1.88. The maximum atomic E-state index is 13.5. The Kier molecular flexibility index (Phi) is 5.23. The summed E-state index contributed by atoms with van der Waals surface area (Å²) in [7, 11) is 0. The maximum absolute atomic E-state index is 13.5. The second-order valence-corrected chi connectivity index (χ2v) is 7.21. The third-order valence-electron chi connectivity index (χ3n) is 4.36. The number of carbonyl (C=O) groups is 1. The summed E-state index contributed by atoms with van der Waals surface area (Å²) in [5.41, 5.74) is -1.26. The SMILES string of the molecule is CCc1cc(C2(S(=O)[O-])CCCC2)c(C(F)(F)F)cc1C(=O)Cl. The van der Waals surface area contributed by atoms with Crippen LogP contribution in [-0.4, -0.2) is 14.0 Å². The molecule has 8 heteroatoms. The lowest BCUT2D eigenvalue weighted by molar-refractivity contribution is -0.138. The van der Waals surface area contributed by atoms with E-state index >= 15 is 0 Å². The largest absolute Gasteiger partial charge is 0.772 e. The van der Waals surface area contributed by atoms with E-state index in [0.717, 1.165) is 0 Å². The van der Waals surface area contributed by atoms with Crippen molar-refractivity contribution >= 4 is 27.9 Å². The molecule has 1 saturated carbocycles. The van der Waals surface area contributed by atoms with Crippen LogP contribution in [0.5, 0.6) is 0 Å². The molecule has 0 N–H and O–H groups in total. The van der Waals surface area contributed by atoms with Crippen molar-refractivity contribution in [3.05, 3.63) is 34.4 Å². The number of hydrogen-bond acceptors (Lipinski definition) is 3. The van der Waals surface area contributed by atoms with Crippen LogP contribution in [0, 0.1) is 0 Å². The molecule has 0 saturated heterocycles. The van der Waals surface area contributed by atoms with Crippen LogP contribution in [0.2, 0.25) is 0 Å². The monoisotopic (exact) mass is 367 g/mol. The van der Waals surface area contributed by atoms with E-state index in [-0.39, 0.29) is 30.4 Å². The number of alkyl halides is 3. The quantitative estimate of drug-likeness (QED) is 0.589. The first-order valence-electron chi connectivity index (χ1n) is 7.17. The van der Waals surface area contributed by atoms with Gasteiger partial charge >= 0.3 is 6.18 Å². The molecule has 1 fully saturated rings. The zero-order chi connectivity index (χ0) is 17.4. The first-order chi connectivity index (χ1) is 10.6. The van der Waals surface area contributed by atoms with Crippen LogP contribution in [0.3, 0.4) is 0 Å². The lowest BCUT2D eigenvalue weighted by Gasteiger charge is -2.35. The summed E-state index contributed by atoms with van der Waals surface area (Å²) in [5.74, 6) is 0. The van der Waals surface area contributed by atoms with Crippen molar-refractivity contribution in [1.29, 1.82) is 0 Å². The fourth-order valence-corrected chi connectivity index (χ4v) is 4.35. The van der Waals surface area contributed by atoms with E-state index in [0.29, 0.717) is 24.5 Å². The maximum Gasteiger partial charge on any atom is 0.416 e. The van der Waals surface area contributed by atoms with Gasteiger partial charge in [-0.15, -0.1) is 0 Å². The topological polar surface area (TPSA) is 57.2 Å². The average molecular weight is 368 g/mol. The lowest BCUT2D eigenvalue weighted by atomic mass is 9.87. The molecule has 0 spiro atoms.